The van der Waals surface area contributed by atoms with Crippen LogP contribution in [0.2, 0.25) is 0 Å². The largest absolute Gasteiger partial charge is 0.287 e. The maximum atomic E-state index is 13.8. The predicted octanol–water partition coefficient (Wildman–Crippen LogP) is 6.64. The van der Waals surface area contributed by atoms with Crippen molar-refractivity contribution in [2.75, 3.05) is 0 Å². The molecule has 1 saturated carbocycles. The SMILES string of the molecule is O=C1C2=C3C4CCCCCCCC4C=CN3C(=O)C2=C2C3=C(C=CN12)CCCCCCCC3. The third-order valence-electron chi connectivity index (χ3n) is 8.73. The van der Waals surface area contributed by atoms with Crippen molar-refractivity contribution in [2.24, 2.45) is 11.8 Å². The van der Waals surface area contributed by atoms with Crippen LogP contribution in [0.15, 0.2) is 58.2 Å². The maximum absolute atomic E-state index is 13.8. The van der Waals surface area contributed by atoms with E-state index in [1.54, 1.807) is 0 Å². The van der Waals surface area contributed by atoms with Crippen LogP contribution in [0.3, 0.4) is 0 Å². The monoisotopic (exact) mass is 444 g/mol. The van der Waals surface area contributed by atoms with E-state index in [0.29, 0.717) is 11.5 Å². The average molecular weight is 445 g/mol. The van der Waals surface area contributed by atoms with Gasteiger partial charge in [0, 0.05) is 24.0 Å². The summed E-state index contributed by atoms with van der Waals surface area (Å²) in [5, 5.41) is 0. The number of carbonyl (C=O) groups excluding carboxylic acids is 2. The van der Waals surface area contributed by atoms with E-state index in [-0.39, 0.29) is 17.7 Å². The van der Waals surface area contributed by atoms with Crippen LogP contribution in [0.1, 0.15) is 96.3 Å². The summed E-state index contributed by atoms with van der Waals surface area (Å²) in [6, 6.07) is 0. The fourth-order valence-corrected chi connectivity index (χ4v) is 7.03. The van der Waals surface area contributed by atoms with E-state index in [4.69, 9.17) is 0 Å². The van der Waals surface area contributed by atoms with Crippen molar-refractivity contribution in [3.63, 3.8) is 0 Å². The first-order chi connectivity index (χ1) is 16.3. The first-order valence-electron chi connectivity index (χ1n) is 13.5. The number of amides is 2. The Morgan fingerprint density at radius 3 is 2.15 bits per heavy atom. The Morgan fingerprint density at radius 1 is 0.667 bits per heavy atom. The fraction of sp³-hybridized carbons (Fsp3) is 0.586. The standard InChI is InChI=1S/C29H36N2O2/c32-28-24-25(27-23-15-11-7-3-5-9-13-21(23)17-19-31(27)28)29(33)30-18-16-20-12-8-4-1-2-6-10-14-22(20)26(24)30/h16-19,21,23H,1-15H2. The first kappa shape index (κ1) is 21.2. The van der Waals surface area contributed by atoms with Crippen molar-refractivity contribution >= 4 is 11.8 Å². The molecular formula is C29H36N2O2. The van der Waals surface area contributed by atoms with E-state index in [1.807, 2.05) is 22.2 Å². The van der Waals surface area contributed by atoms with Crippen LogP contribution >= 0.6 is 0 Å². The van der Waals surface area contributed by atoms with E-state index >= 15 is 0 Å². The molecule has 6 aliphatic rings. The maximum Gasteiger partial charge on any atom is 0.265 e. The average Bonchev–Trinajstić information content (AvgIpc) is 3.33. The molecule has 0 aromatic rings. The fourth-order valence-electron chi connectivity index (χ4n) is 7.03. The molecule has 4 heteroatoms. The topological polar surface area (TPSA) is 40.6 Å². The van der Waals surface area contributed by atoms with Gasteiger partial charge in [0.15, 0.2) is 0 Å². The molecule has 0 saturated heterocycles. The number of carbonyl (C=O) groups is 2. The zero-order chi connectivity index (χ0) is 22.4. The number of hydrogen-bond acceptors (Lipinski definition) is 2. The highest BCUT2D eigenvalue weighted by Gasteiger charge is 2.51. The Bertz CT molecular complexity index is 1020. The van der Waals surface area contributed by atoms with Crippen LogP contribution in [0, 0.1) is 11.8 Å². The summed E-state index contributed by atoms with van der Waals surface area (Å²) in [4.78, 5) is 31.3. The van der Waals surface area contributed by atoms with Crippen LogP contribution in [0.4, 0.5) is 0 Å². The van der Waals surface area contributed by atoms with Crippen molar-refractivity contribution in [3.05, 3.63) is 58.2 Å². The van der Waals surface area contributed by atoms with Gasteiger partial charge in [0.25, 0.3) is 11.8 Å². The first-order valence-corrected chi connectivity index (χ1v) is 13.5. The highest BCUT2D eigenvalue weighted by molar-refractivity contribution is 6.21. The molecule has 1 fully saturated rings. The molecule has 0 aromatic heterocycles. The van der Waals surface area contributed by atoms with Crippen LogP contribution in [-0.2, 0) is 9.59 Å². The van der Waals surface area contributed by atoms with Gasteiger partial charge in [-0.3, -0.25) is 19.4 Å². The van der Waals surface area contributed by atoms with E-state index in [0.717, 1.165) is 42.7 Å². The number of allylic oxidation sites excluding steroid dienone is 5. The van der Waals surface area contributed by atoms with Crippen molar-refractivity contribution in [1.29, 1.82) is 0 Å². The van der Waals surface area contributed by atoms with Crippen molar-refractivity contribution in [2.45, 2.75) is 96.3 Å². The molecule has 0 bridgehead atoms. The van der Waals surface area contributed by atoms with Gasteiger partial charge in [-0.25, -0.2) is 0 Å². The van der Waals surface area contributed by atoms with Gasteiger partial charge >= 0.3 is 0 Å². The Labute approximate surface area is 197 Å². The quantitative estimate of drug-likeness (QED) is 0.420. The lowest BCUT2D eigenvalue weighted by molar-refractivity contribution is -0.123. The molecule has 2 aliphatic carbocycles. The van der Waals surface area contributed by atoms with Gasteiger partial charge in [0.1, 0.15) is 0 Å². The zero-order valence-corrected chi connectivity index (χ0v) is 19.8. The van der Waals surface area contributed by atoms with Gasteiger partial charge in [-0.2, -0.15) is 0 Å². The minimum atomic E-state index is 0.0275. The highest BCUT2D eigenvalue weighted by atomic mass is 16.2. The molecule has 4 aliphatic heterocycles. The molecular weight excluding hydrogens is 408 g/mol. The summed E-state index contributed by atoms with van der Waals surface area (Å²) < 4.78 is 0. The van der Waals surface area contributed by atoms with Crippen molar-refractivity contribution < 1.29 is 9.59 Å². The third-order valence-corrected chi connectivity index (χ3v) is 8.73. The Hall–Kier alpha value is -2.36. The number of rotatable bonds is 0. The second kappa shape index (κ2) is 8.77. The zero-order valence-electron chi connectivity index (χ0n) is 19.8. The molecule has 6 rings (SSSR count). The van der Waals surface area contributed by atoms with Gasteiger partial charge in [-0.1, -0.05) is 63.9 Å². The van der Waals surface area contributed by atoms with Crippen LogP contribution in [0.5, 0.6) is 0 Å². The summed E-state index contributed by atoms with van der Waals surface area (Å²) in [7, 11) is 0. The lowest BCUT2D eigenvalue weighted by Crippen LogP contribution is -2.34. The summed E-state index contributed by atoms with van der Waals surface area (Å²) in [5.41, 5.74) is 5.99. The van der Waals surface area contributed by atoms with Gasteiger partial charge < -0.3 is 0 Å². The van der Waals surface area contributed by atoms with E-state index in [9.17, 15) is 9.59 Å². The second-order valence-electron chi connectivity index (χ2n) is 10.7. The normalized spacial score (nSPS) is 30.4. The van der Waals surface area contributed by atoms with Crippen molar-refractivity contribution in [3.8, 4) is 0 Å². The van der Waals surface area contributed by atoms with E-state index < -0.39 is 0 Å². The molecule has 33 heavy (non-hydrogen) atoms. The van der Waals surface area contributed by atoms with Crippen molar-refractivity contribution in [1.82, 2.24) is 9.80 Å². The van der Waals surface area contributed by atoms with E-state index in [2.05, 4.69) is 12.2 Å². The highest BCUT2D eigenvalue weighted by Crippen LogP contribution is 2.51. The van der Waals surface area contributed by atoms with Crippen LogP contribution in [-0.4, -0.2) is 21.6 Å². The molecule has 2 unspecified atom stereocenters. The Morgan fingerprint density at radius 2 is 1.33 bits per heavy atom. The minimum Gasteiger partial charge on any atom is -0.287 e. The van der Waals surface area contributed by atoms with Crippen LogP contribution in [0.25, 0.3) is 0 Å². The Kier molecular flexibility index (Phi) is 5.63. The summed E-state index contributed by atoms with van der Waals surface area (Å²) in [6.07, 6.45) is 26.4. The van der Waals surface area contributed by atoms with E-state index in [1.165, 1.54) is 81.8 Å². The number of fused-ring (bicyclic) bond motifs is 6. The molecule has 4 heterocycles. The third kappa shape index (κ3) is 3.48. The van der Waals surface area contributed by atoms with Gasteiger partial charge in [-0.05, 0) is 61.7 Å². The Balaban J connectivity index is 1.47. The van der Waals surface area contributed by atoms with Gasteiger partial charge in [0.2, 0.25) is 0 Å². The van der Waals surface area contributed by atoms with Gasteiger partial charge in [0.05, 0.1) is 16.8 Å². The summed E-state index contributed by atoms with van der Waals surface area (Å²) >= 11 is 0. The van der Waals surface area contributed by atoms with Gasteiger partial charge in [-0.15, -0.1) is 0 Å². The smallest absolute Gasteiger partial charge is 0.265 e. The lowest BCUT2D eigenvalue weighted by atomic mass is 9.79. The minimum absolute atomic E-state index is 0.0275. The molecule has 2 atom stereocenters. The molecule has 174 valence electrons. The predicted molar refractivity (Wildman–Crippen MR) is 129 cm³/mol. The molecule has 4 nitrogen and oxygen atoms in total. The molecule has 0 aromatic carbocycles. The summed E-state index contributed by atoms with van der Waals surface area (Å²) in [6.45, 7) is 0. The van der Waals surface area contributed by atoms with Crippen LogP contribution < -0.4 is 0 Å². The number of hydrogen-bond donors (Lipinski definition) is 0. The molecule has 0 N–H and O–H groups in total. The molecule has 0 radical (unpaired) electrons. The second-order valence-corrected chi connectivity index (χ2v) is 10.7. The molecule has 2 amide bonds. The number of nitrogens with zero attached hydrogens (tertiary/aromatic N) is 2. The summed E-state index contributed by atoms with van der Waals surface area (Å²) in [5.74, 6) is 0.791. The molecule has 0 spiro atoms. The lowest BCUT2D eigenvalue weighted by Gasteiger charge is -2.35.